The number of likely N-dealkylation sites (N-methyl/N-ethyl adjacent to an activating group) is 1. The number of carbonyl (C=O) groups is 1. The highest BCUT2D eigenvalue weighted by atomic mass is 16.5. The SMILES string of the molecule is CCOC(=O)C(C)(CCCN1CCOC(CC)C1)NC. The van der Waals surface area contributed by atoms with Crippen LogP contribution in [0.3, 0.4) is 0 Å². The molecule has 118 valence electrons. The smallest absolute Gasteiger partial charge is 0.326 e. The number of nitrogens with one attached hydrogen (secondary N) is 1. The first-order valence-electron chi connectivity index (χ1n) is 7.75. The third-order valence-electron chi connectivity index (χ3n) is 4.11. The van der Waals surface area contributed by atoms with Gasteiger partial charge in [0.25, 0.3) is 0 Å². The fraction of sp³-hybridized carbons (Fsp3) is 0.933. The highest BCUT2D eigenvalue weighted by Crippen LogP contribution is 2.16. The summed E-state index contributed by atoms with van der Waals surface area (Å²) in [7, 11) is 1.82. The van der Waals surface area contributed by atoms with Gasteiger partial charge < -0.3 is 14.8 Å². The maximum atomic E-state index is 12.0. The fourth-order valence-electron chi connectivity index (χ4n) is 2.51. The zero-order chi connectivity index (χ0) is 15.0. The first kappa shape index (κ1) is 17.4. The summed E-state index contributed by atoms with van der Waals surface area (Å²) in [6.45, 7) is 10.2. The summed E-state index contributed by atoms with van der Waals surface area (Å²) >= 11 is 0. The largest absolute Gasteiger partial charge is 0.465 e. The Kier molecular flexibility index (Phi) is 7.48. The molecular formula is C15H30N2O3. The molecule has 0 aromatic rings. The van der Waals surface area contributed by atoms with Gasteiger partial charge in [0.1, 0.15) is 5.54 Å². The van der Waals surface area contributed by atoms with Crippen LogP contribution in [0.2, 0.25) is 0 Å². The Bertz CT molecular complexity index is 299. The summed E-state index contributed by atoms with van der Waals surface area (Å²) in [6, 6.07) is 0. The number of morpholine rings is 1. The van der Waals surface area contributed by atoms with Gasteiger partial charge in [-0.25, -0.2) is 0 Å². The number of rotatable bonds is 8. The summed E-state index contributed by atoms with van der Waals surface area (Å²) < 4.78 is 10.8. The van der Waals surface area contributed by atoms with Crippen molar-refractivity contribution in [2.75, 3.05) is 39.9 Å². The Hall–Kier alpha value is -0.650. The van der Waals surface area contributed by atoms with Gasteiger partial charge in [-0.2, -0.15) is 0 Å². The monoisotopic (exact) mass is 286 g/mol. The number of hydrogen-bond donors (Lipinski definition) is 1. The van der Waals surface area contributed by atoms with Crippen LogP contribution in [-0.4, -0.2) is 62.4 Å². The van der Waals surface area contributed by atoms with Gasteiger partial charge in [-0.3, -0.25) is 9.69 Å². The second-order valence-corrected chi connectivity index (χ2v) is 5.61. The third kappa shape index (κ3) is 5.04. The van der Waals surface area contributed by atoms with Crippen molar-refractivity contribution in [3.05, 3.63) is 0 Å². The molecule has 0 aliphatic carbocycles. The summed E-state index contributed by atoms with van der Waals surface area (Å²) in [5.74, 6) is -0.157. The van der Waals surface area contributed by atoms with Crippen LogP contribution in [0.5, 0.6) is 0 Å². The lowest BCUT2D eigenvalue weighted by Crippen LogP contribution is -2.49. The maximum absolute atomic E-state index is 12.0. The average Bonchev–Trinajstić information content (AvgIpc) is 2.47. The first-order chi connectivity index (χ1) is 9.55. The molecule has 0 spiro atoms. The van der Waals surface area contributed by atoms with Crippen molar-refractivity contribution in [1.29, 1.82) is 0 Å². The summed E-state index contributed by atoms with van der Waals surface area (Å²) in [6.07, 6.45) is 3.20. The average molecular weight is 286 g/mol. The lowest BCUT2D eigenvalue weighted by Gasteiger charge is -2.33. The molecule has 0 amide bonds. The van der Waals surface area contributed by atoms with E-state index >= 15 is 0 Å². The molecular weight excluding hydrogens is 256 g/mol. The van der Waals surface area contributed by atoms with Crippen LogP contribution in [0.4, 0.5) is 0 Å². The first-order valence-corrected chi connectivity index (χ1v) is 7.75. The molecule has 1 saturated heterocycles. The van der Waals surface area contributed by atoms with Crippen LogP contribution in [0.25, 0.3) is 0 Å². The van der Waals surface area contributed by atoms with Gasteiger partial charge in [0.2, 0.25) is 0 Å². The second-order valence-electron chi connectivity index (χ2n) is 5.61. The topological polar surface area (TPSA) is 50.8 Å². The molecule has 20 heavy (non-hydrogen) atoms. The second kappa shape index (κ2) is 8.60. The normalized spacial score (nSPS) is 23.3. The van der Waals surface area contributed by atoms with Crippen molar-refractivity contribution in [2.24, 2.45) is 0 Å². The van der Waals surface area contributed by atoms with Crippen LogP contribution in [-0.2, 0) is 14.3 Å². The van der Waals surface area contributed by atoms with E-state index in [4.69, 9.17) is 9.47 Å². The van der Waals surface area contributed by atoms with E-state index in [0.717, 1.165) is 45.5 Å². The van der Waals surface area contributed by atoms with Crippen LogP contribution < -0.4 is 5.32 Å². The van der Waals surface area contributed by atoms with Gasteiger partial charge in [0.15, 0.2) is 0 Å². The van der Waals surface area contributed by atoms with E-state index in [2.05, 4.69) is 17.1 Å². The minimum atomic E-state index is -0.577. The molecule has 0 aromatic carbocycles. The van der Waals surface area contributed by atoms with Gasteiger partial charge in [-0.05, 0) is 46.7 Å². The summed E-state index contributed by atoms with van der Waals surface area (Å²) in [5, 5.41) is 3.10. The molecule has 1 N–H and O–H groups in total. The van der Waals surface area contributed by atoms with Crippen molar-refractivity contribution in [2.45, 2.75) is 51.7 Å². The van der Waals surface area contributed by atoms with Crippen molar-refractivity contribution in [3.8, 4) is 0 Å². The fourth-order valence-corrected chi connectivity index (χ4v) is 2.51. The minimum absolute atomic E-state index is 0.157. The molecule has 5 nitrogen and oxygen atoms in total. The number of nitrogens with zero attached hydrogens (tertiary/aromatic N) is 1. The van der Waals surface area contributed by atoms with Crippen LogP contribution >= 0.6 is 0 Å². The Labute approximate surface area is 123 Å². The zero-order valence-electron chi connectivity index (χ0n) is 13.4. The molecule has 2 atom stereocenters. The van der Waals surface area contributed by atoms with Crippen LogP contribution in [0.15, 0.2) is 0 Å². The van der Waals surface area contributed by atoms with E-state index in [-0.39, 0.29) is 5.97 Å². The molecule has 1 aliphatic heterocycles. The molecule has 2 unspecified atom stereocenters. The predicted molar refractivity (Wildman–Crippen MR) is 79.8 cm³/mol. The molecule has 0 radical (unpaired) electrons. The van der Waals surface area contributed by atoms with Gasteiger partial charge in [-0.15, -0.1) is 0 Å². The summed E-state index contributed by atoms with van der Waals surface area (Å²) in [4.78, 5) is 14.4. The molecule has 0 aromatic heterocycles. The lowest BCUT2D eigenvalue weighted by molar-refractivity contribution is -0.150. The van der Waals surface area contributed by atoms with Gasteiger partial charge in [0, 0.05) is 13.1 Å². The lowest BCUT2D eigenvalue weighted by atomic mass is 9.96. The highest BCUT2D eigenvalue weighted by molar-refractivity contribution is 5.80. The van der Waals surface area contributed by atoms with E-state index in [1.807, 2.05) is 20.9 Å². The van der Waals surface area contributed by atoms with Crippen molar-refractivity contribution >= 4 is 5.97 Å². The minimum Gasteiger partial charge on any atom is -0.465 e. The number of carbonyl (C=O) groups excluding carboxylic acids is 1. The molecule has 1 fully saturated rings. The zero-order valence-corrected chi connectivity index (χ0v) is 13.4. The van der Waals surface area contributed by atoms with Gasteiger partial charge >= 0.3 is 5.97 Å². The van der Waals surface area contributed by atoms with E-state index in [0.29, 0.717) is 12.7 Å². The van der Waals surface area contributed by atoms with Crippen LogP contribution in [0.1, 0.15) is 40.0 Å². The molecule has 1 aliphatic rings. The predicted octanol–water partition coefficient (Wildman–Crippen LogP) is 1.42. The number of hydrogen-bond acceptors (Lipinski definition) is 5. The Morgan fingerprint density at radius 3 is 2.85 bits per heavy atom. The van der Waals surface area contributed by atoms with Gasteiger partial charge in [0.05, 0.1) is 19.3 Å². The maximum Gasteiger partial charge on any atom is 0.326 e. The molecule has 0 saturated carbocycles. The molecule has 5 heteroatoms. The summed E-state index contributed by atoms with van der Waals surface area (Å²) in [5.41, 5.74) is -0.577. The van der Waals surface area contributed by atoms with E-state index < -0.39 is 5.54 Å². The Morgan fingerprint density at radius 2 is 2.25 bits per heavy atom. The van der Waals surface area contributed by atoms with Crippen molar-refractivity contribution in [1.82, 2.24) is 10.2 Å². The number of esters is 1. The standard InChI is InChI=1S/C15H30N2O3/c1-5-13-12-17(10-11-20-13)9-7-8-15(3,16-4)14(18)19-6-2/h13,16H,5-12H2,1-4H3. The van der Waals surface area contributed by atoms with Crippen LogP contribution in [0, 0.1) is 0 Å². The molecule has 1 rings (SSSR count). The molecule has 1 heterocycles. The quantitative estimate of drug-likeness (QED) is 0.684. The van der Waals surface area contributed by atoms with E-state index in [9.17, 15) is 4.79 Å². The Morgan fingerprint density at radius 1 is 1.50 bits per heavy atom. The molecule has 0 bridgehead atoms. The van der Waals surface area contributed by atoms with E-state index in [1.165, 1.54) is 0 Å². The Balaban J connectivity index is 2.35. The van der Waals surface area contributed by atoms with Gasteiger partial charge in [-0.1, -0.05) is 6.92 Å². The van der Waals surface area contributed by atoms with Crippen molar-refractivity contribution < 1.29 is 14.3 Å². The van der Waals surface area contributed by atoms with Crippen molar-refractivity contribution in [3.63, 3.8) is 0 Å². The third-order valence-corrected chi connectivity index (χ3v) is 4.11. The highest BCUT2D eigenvalue weighted by Gasteiger charge is 2.32. The van der Waals surface area contributed by atoms with E-state index in [1.54, 1.807) is 0 Å². The number of ether oxygens (including phenoxy) is 2.